The Kier molecular flexibility index (Phi) is 3.20. The van der Waals surface area contributed by atoms with E-state index < -0.39 is 6.10 Å². The Hall–Kier alpha value is -0.450. The summed E-state index contributed by atoms with van der Waals surface area (Å²) in [5.41, 5.74) is 5.32. The Labute approximate surface area is 76.3 Å². The van der Waals surface area contributed by atoms with E-state index in [0.717, 1.165) is 9.88 Å². The molecule has 0 saturated heterocycles. The molecule has 0 aromatic carbocycles. The molecule has 0 aliphatic carbocycles. The number of nitrogens with zero attached hydrogens (tertiary/aromatic N) is 1. The Morgan fingerprint density at radius 2 is 2.33 bits per heavy atom. The van der Waals surface area contributed by atoms with E-state index in [0.29, 0.717) is 5.92 Å². The molecular weight excluding hydrogens is 172 g/mol. The van der Waals surface area contributed by atoms with Crippen molar-refractivity contribution in [1.82, 2.24) is 4.98 Å². The van der Waals surface area contributed by atoms with Gasteiger partial charge in [-0.15, -0.1) is 11.3 Å². The second-order valence-corrected chi connectivity index (χ2v) is 4.10. The van der Waals surface area contributed by atoms with Gasteiger partial charge in [-0.05, 0) is 0 Å². The zero-order valence-electron chi connectivity index (χ0n) is 7.32. The van der Waals surface area contributed by atoms with Gasteiger partial charge in [-0.1, -0.05) is 13.8 Å². The molecule has 3 nitrogen and oxygen atoms in total. The van der Waals surface area contributed by atoms with Crippen LogP contribution in [0.4, 0.5) is 0 Å². The summed E-state index contributed by atoms with van der Waals surface area (Å²) in [5.74, 6) is 0.425. The highest BCUT2D eigenvalue weighted by Gasteiger charge is 2.11. The lowest BCUT2D eigenvalue weighted by Crippen LogP contribution is -2.09. The van der Waals surface area contributed by atoms with Crippen molar-refractivity contribution < 1.29 is 5.11 Å². The SMILES string of the molecule is CC(C)c1ncc(C(O)CN)s1. The summed E-state index contributed by atoms with van der Waals surface area (Å²) < 4.78 is 0. The third-order valence-electron chi connectivity index (χ3n) is 1.59. The highest BCUT2D eigenvalue weighted by molar-refractivity contribution is 7.11. The first-order valence-electron chi connectivity index (χ1n) is 3.99. The quantitative estimate of drug-likeness (QED) is 0.747. The third kappa shape index (κ3) is 2.03. The monoisotopic (exact) mass is 186 g/mol. The summed E-state index contributed by atoms with van der Waals surface area (Å²) in [7, 11) is 0. The molecule has 0 aliphatic rings. The topological polar surface area (TPSA) is 59.1 Å². The van der Waals surface area contributed by atoms with E-state index in [2.05, 4.69) is 18.8 Å². The van der Waals surface area contributed by atoms with Crippen LogP contribution < -0.4 is 5.73 Å². The van der Waals surface area contributed by atoms with Gasteiger partial charge in [0, 0.05) is 18.7 Å². The van der Waals surface area contributed by atoms with Gasteiger partial charge >= 0.3 is 0 Å². The standard InChI is InChI=1S/C8H14N2OS/c1-5(2)8-10-4-7(12-8)6(11)3-9/h4-6,11H,3,9H2,1-2H3. The van der Waals surface area contributed by atoms with Crippen LogP contribution in [-0.4, -0.2) is 16.6 Å². The predicted octanol–water partition coefficient (Wildman–Crippen LogP) is 1.26. The van der Waals surface area contributed by atoms with Gasteiger partial charge in [0.05, 0.1) is 9.88 Å². The Morgan fingerprint density at radius 3 is 2.75 bits per heavy atom. The maximum Gasteiger partial charge on any atom is 0.102 e. The number of aliphatic hydroxyl groups excluding tert-OH is 1. The van der Waals surface area contributed by atoms with E-state index in [1.165, 1.54) is 11.3 Å². The number of hydrogen-bond acceptors (Lipinski definition) is 4. The molecule has 1 heterocycles. The summed E-state index contributed by atoms with van der Waals surface area (Å²) in [4.78, 5) is 5.05. The largest absolute Gasteiger partial charge is 0.386 e. The molecule has 1 unspecified atom stereocenters. The minimum atomic E-state index is -0.546. The smallest absolute Gasteiger partial charge is 0.102 e. The molecule has 0 saturated carbocycles. The third-order valence-corrected chi connectivity index (χ3v) is 2.99. The normalized spacial score (nSPS) is 13.8. The van der Waals surface area contributed by atoms with Crippen LogP contribution in [0.25, 0.3) is 0 Å². The number of hydrogen-bond donors (Lipinski definition) is 2. The first kappa shape index (κ1) is 9.64. The summed E-state index contributed by atoms with van der Waals surface area (Å²) in [5, 5.41) is 10.4. The van der Waals surface area contributed by atoms with Crippen LogP contribution in [0.5, 0.6) is 0 Å². The molecule has 4 heteroatoms. The Balaban J connectivity index is 2.77. The Bertz CT molecular complexity index is 247. The van der Waals surface area contributed by atoms with Gasteiger partial charge in [0.1, 0.15) is 6.10 Å². The van der Waals surface area contributed by atoms with E-state index in [4.69, 9.17) is 5.73 Å². The van der Waals surface area contributed by atoms with Gasteiger partial charge in [0.2, 0.25) is 0 Å². The number of aliphatic hydroxyl groups is 1. The van der Waals surface area contributed by atoms with Crippen molar-refractivity contribution in [2.24, 2.45) is 5.73 Å². The van der Waals surface area contributed by atoms with Gasteiger partial charge in [-0.25, -0.2) is 4.98 Å². The maximum atomic E-state index is 9.37. The molecule has 0 aliphatic heterocycles. The van der Waals surface area contributed by atoms with Crippen LogP contribution in [0.15, 0.2) is 6.20 Å². The fourth-order valence-electron chi connectivity index (χ4n) is 0.838. The lowest BCUT2D eigenvalue weighted by atomic mass is 10.2. The van der Waals surface area contributed by atoms with Gasteiger partial charge in [-0.2, -0.15) is 0 Å². The average Bonchev–Trinajstić information content (AvgIpc) is 2.51. The summed E-state index contributed by atoms with van der Waals surface area (Å²) in [6, 6.07) is 0. The molecule has 1 atom stereocenters. The van der Waals surface area contributed by atoms with Crippen LogP contribution in [0.3, 0.4) is 0 Å². The highest BCUT2D eigenvalue weighted by Crippen LogP contribution is 2.24. The van der Waals surface area contributed by atoms with Crippen LogP contribution in [0.1, 0.15) is 35.8 Å². The summed E-state index contributed by atoms with van der Waals surface area (Å²) in [6.45, 7) is 4.43. The number of rotatable bonds is 3. The fraction of sp³-hybridized carbons (Fsp3) is 0.625. The van der Waals surface area contributed by atoms with E-state index >= 15 is 0 Å². The zero-order valence-corrected chi connectivity index (χ0v) is 8.14. The molecule has 68 valence electrons. The lowest BCUT2D eigenvalue weighted by Gasteiger charge is -2.02. The van der Waals surface area contributed by atoms with Crippen LogP contribution >= 0.6 is 11.3 Å². The highest BCUT2D eigenvalue weighted by atomic mass is 32.1. The first-order chi connectivity index (χ1) is 5.65. The van der Waals surface area contributed by atoms with Crippen LogP contribution in [-0.2, 0) is 0 Å². The molecule has 0 fully saturated rings. The summed E-state index contributed by atoms with van der Waals surface area (Å²) in [6.07, 6.45) is 1.16. The lowest BCUT2D eigenvalue weighted by molar-refractivity contribution is 0.190. The van der Waals surface area contributed by atoms with Gasteiger partial charge < -0.3 is 10.8 Å². The number of aromatic nitrogens is 1. The van der Waals surface area contributed by atoms with E-state index in [1.807, 2.05) is 0 Å². The van der Waals surface area contributed by atoms with Gasteiger partial charge in [0.15, 0.2) is 0 Å². The van der Waals surface area contributed by atoms with E-state index in [-0.39, 0.29) is 6.54 Å². The zero-order chi connectivity index (χ0) is 9.14. The van der Waals surface area contributed by atoms with Crippen molar-refractivity contribution in [3.63, 3.8) is 0 Å². The Morgan fingerprint density at radius 1 is 1.67 bits per heavy atom. The minimum Gasteiger partial charge on any atom is -0.386 e. The van der Waals surface area contributed by atoms with Crippen molar-refractivity contribution in [2.45, 2.75) is 25.9 Å². The van der Waals surface area contributed by atoms with E-state index in [9.17, 15) is 5.11 Å². The molecule has 1 aromatic heterocycles. The minimum absolute atomic E-state index is 0.264. The van der Waals surface area contributed by atoms with Crippen molar-refractivity contribution in [2.75, 3.05) is 6.54 Å². The molecule has 1 rings (SSSR count). The molecule has 0 amide bonds. The molecule has 3 N–H and O–H groups in total. The summed E-state index contributed by atoms with van der Waals surface area (Å²) >= 11 is 1.53. The number of thiazole rings is 1. The van der Waals surface area contributed by atoms with Crippen LogP contribution in [0.2, 0.25) is 0 Å². The van der Waals surface area contributed by atoms with Gasteiger partial charge in [-0.3, -0.25) is 0 Å². The molecular formula is C8H14N2OS. The maximum absolute atomic E-state index is 9.37. The van der Waals surface area contributed by atoms with Crippen LogP contribution in [0, 0.1) is 0 Å². The second kappa shape index (κ2) is 3.98. The molecule has 0 bridgehead atoms. The van der Waals surface area contributed by atoms with Crippen molar-refractivity contribution >= 4 is 11.3 Å². The molecule has 12 heavy (non-hydrogen) atoms. The van der Waals surface area contributed by atoms with Crippen molar-refractivity contribution in [3.8, 4) is 0 Å². The average molecular weight is 186 g/mol. The number of nitrogens with two attached hydrogens (primary N) is 1. The van der Waals surface area contributed by atoms with Gasteiger partial charge in [0.25, 0.3) is 0 Å². The first-order valence-corrected chi connectivity index (χ1v) is 4.80. The fourth-order valence-corrected chi connectivity index (χ4v) is 1.76. The van der Waals surface area contributed by atoms with E-state index in [1.54, 1.807) is 6.20 Å². The molecule has 1 aromatic rings. The second-order valence-electron chi connectivity index (χ2n) is 3.01. The molecule has 0 radical (unpaired) electrons. The van der Waals surface area contributed by atoms with Crippen molar-refractivity contribution in [3.05, 3.63) is 16.1 Å². The predicted molar refractivity (Wildman–Crippen MR) is 50.2 cm³/mol. The van der Waals surface area contributed by atoms with Crippen molar-refractivity contribution in [1.29, 1.82) is 0 Å². The molecule has 0 spiro atoms.